The maximum Gasteiger partial charge on any atom is 0.209 e. The van der Waals surface area contributed by atoms with Crippen molar-refractivity contribution in [3.63, 3.8) is 0 Å². The molecule has 3 rings (SSSR count). The van der Waals surface area contributed by atoms with E-state index in [1.165, 1.54) is 81.8 Å². The lowest BCUT2D eigenvalue weighted by atomic mass is 10.0. The molecule has 0 aliphatic carbocycles. The molecule has 2 aromatic carbocycles. The SMILES string of the molecule is CC(C)CC(N=C(O)C(CO)N=C(O)C(C)N)C(O)=NC(CCCNC(=N)N)C(O)=NC(Cc1cnc[nH]1)C(O)=NC(Cc1ccc(O)cc1)C(O)=NC(CC(C)C)C(O)=NC(CC(=N)O)C(O)=NC(CC(C)C)C(O)=NC(C(O)=NC(C(O)=NC(CCCNC(=N)N)C(O)=NC(CCC(=N)O)C(O)=NC(CCCNC(=N)N)C(O)=NC(Cc1ccc(O)cc1)C(=N)O)C(C)O)C(C)C. The molecular weight excluding hydrogens is 1750 g/mol. The number of aromatic hydroxyl groups is 2. The summed E-state index contributed by atoms with van der Waals surface area (Å²) in [5, 5.41) is 292. The second-order valence-corrected chi connectivity index (χ2v) is 33.2. The highest BCUT2D eigenvalue weighted by atomic mass is 16.3. The first kappa shape index (κ1) is 114. The van der Waals surface area contributed by atoms with Gasteiger partial charge in [0, 0.05) is 57.2 Å². The van der Waals surface area contributed by atoms with E-state index in [4.69, 9.17) is 55.4 Å². The van der Waals surface area contributed by atoms with Gasteiger partial charge in [-0.25, -0.2) is 74.9 Å². The third kappa shape index (κ3) is 43.3. The van der Waals surface area contributed by atoms with E-state index in [1.54, 1.807) is 41.5 Å². The van der Waals surface area contributed by atoms with E-state index in [0.29, 0.717) is 16.8 Å². The lowest BCUT2D eigenvalue weighted by Crippen LogP contribution is -2.37. The minimum absolute atomic E-state index is 0.00934. The molecule has 0 amide bonds. The summed E-state index contributed by atoms with van der Waals surface area (Å²) >= 11 is 0. The van der Waals surface area contributed by atoms with Crippen LogP contribution in [0.25, 0.3) is 0 Å². The molecule has 744 valence electrons. The molecule has 0 bridgehead atoms. The van der Waals surface area contributed by atoms with Gasteiger partial charge < -0.3 is 151 Å². The number of phenols is 2. The highest BCUT2D eigenvalue weighted by molar-refractivity contribution is 5.97. The predicted octanol–water partition coefficient (Wildman–Crippen LogP) is 6.48. The maximum atomic E-state index is 12.3. The van der Waals surface area contributed by atoms with E-state index < -0.39 is 258 Å². The number of imidazole rings is 1. The largest absolute Gasteiger partial charge is 0.508 e. The van der Waals surface area contributed by atoms with Gasteiger partial charge in [-0.3, -0.25) is 32.5 Å². The molecule has 16 atom stereocenters. The molecule has 0 saturated carbocycles. The number of hydrogen-bond donors (Lipinski definition) is 35. The van der Waals surface area contributed by atoms with Crippen LogP contribution in [-0.4, -0.2) is 358 Å². The summed E-state index contributed by atoms with van der Waals surface area (Å²) in [4.78, 5) is 66.7. The fourth-order valence-corrected chi connectivity index (χ4v) is 12.6. The van der Waals surface area contributed by atoms with Gasteiger partial charge in [0.15, 0.2) is 47.7 Å². The molecule has 50 heteroatoms. The van der Waals surface area contributed by atoms with Crippen molar-refractivity contribution in [2.75, 3.05) is 26.2 Å². The second-order valence-electron chi connectivity index (χ2n) is 33.2. The Kier molecular flexibility index (Phi) is 49.4. The summed E-state index contributed by atoms with van der Waals surface area (Å²) in [6.45, 7) is 15.1. The predicted molar refractivity (Wildman–Crippen MR) is 518 cm³/mol. The normalized spacial score (nSPS) is 17.5. The Labute approximate surface area is 774 Å². The van der Waals surface area contributed by atoms with E-state index in [1.807, 2.05) is 0 Å². The number of aromatic amines is 1. The number of guanidine groups is 3. The van der Waals surface area contributed by atoms with Gasteiger partial charge in [0.1, 0.15) is 84.0 Å². The van der Waals surface area contributed by atoms with Crippen LogP contribution in [-0.2, 0) is 19.3 Å². The highest BCUT2D eigenvalue weighted by Crippen LogP contribution is 2.25. The molecule has 0 aliphatic rings. The summed E-state index contributed by atoms with van der Waals surface area (Å²) in [6.07, 6.45) is -2.44. The van der Waals surface area contributed by atoms with Crippen molar-refractivity contribution in [2.45, 2.75) is 262 Å². The lowest BCUT2D eigenvalue weighted by Gasteiger charge is -2.22. The number of phenolic OH excluding ortho intramolecular Hbond substituents is 2. The van der Waals surface area contributed by atoms with Crippen molar-refractivity contribution in [1.29, 1.82) is 32.5 Å². The van der Waals surface area contributed by atoms with Crippen LogP contribution < -0.4 is 38.9 Å². The zero-order chi connectivity index (χ0) is 101. The lowest BCUT2D eigenvalue weighted by molar-refractivity contribution is 0.178. The van der Waals surface area contributed by atoms with Crippen LogP contribution in [0.15, 0.2) is 131 Å². The van der Waals surface area contributed by atoms with Crippen LogP contribution >= 0.6 is 0 Å². The molecule has 0 radical (unpaired) electrons. The van der Waals surface area contributed by atoms with Crippen molar-refractivity contribution in [3.05, 3.63) is 77.9 Å². The van der Waals surface area contributed by atoms with E-state index in [2.05, 4.69) is 95.8 Å². The summed E-state index contributed by atoms with van der Waals surface area (Å²) < 4.78 is 0. The molecule has 0 fully saturated rings. The van der Waals surface area contributed by atoms with Crippen molar-refractivity contribution < 1.29 is 107 Å². The average molecular weight is 1890 g/mol. The van der Waals surface area contributed by atoms with Crippen LogP contribution in [0.1, 0.15) is 163 Å². The molecule has 1 aromatic heterocycles. The molecule has 0 saturated heterocycles. The van der Waals surface area contributed by atoms with E-state index in [9.17, 15) is 107 Å². The Hall–Kier alpha value is -14.1. The first-order valence-corrected chi connectivity index (χ1v) is 43.2. The Morgan fingerprint density at radius 3 is 1.01 bits per heavy atom. The Morgan fingerprint density at radius 2 is 0.672 bits per heavy atom. The number of rotatable bonds is 61. The van der Waals surface area contributed by atoms with Crippen molar-refractivity contribution in [3.8, 4) is 11.5 Å². The fourth-order valence-electron chi connectivity index (χ4n) is 12.6. The van der Waals surface area contributed by atoms with Crippen molar-refractivity contribution in [1.82, 2.24) is 25.9 Å². The van der Waals surface area contributed by atoms with E-state index in [0.717, 1.165) is 6.92 Å². The topological polar surface area (TPSA) is 910 Å². The average Bonchev–Trinajstić information content (AvgIpc) is 1.55. The first-order valence-electron chi connectivity index (χ1n) is 43.2. The van der Waals surface area contributed by atoms with Gasteiger partial charge in [-0.15, -0.1) is 0 Å². The third-order valence-electron chi connectivity index (χ3n) is 19.5. The zero-order valence-electron chi connectivity index (χ0n) is 76.7. The highest BCUT2D eigenvalue weighted by Gasteiger charge is 2.35. The maximum absolute atomic E-state index is 12.3. The number of nitrogens with zero attached hydrogens (tertiary/aromatic N) is 15. The van der Waals surface area contributed by atoms with Gasteiger partial charge in [-0.1, -0.05) is 79.7 Å². The van der Waals surface area contributed by atoms with E-state index in [-0.39, 0.29) is 114 Å². The third-order valence-corrected chi connectivity index (χ3v) is 19.5. The van der Waals surface area contributed by atoms with E-state index >= 15 is 0 Å². The summed E-state index contributed by atoms with van der Waals surface area (Å²) in [6, 6.07) is -12.3. The number of nitrogens with two attached hydrogens (primary N) is 4. The minimum atomic E-state index is -1.93. The van der Waals surface area contributed by atoms with Crippen LogP contribution in [0.3, 0.4) is 0 Å². The van der Waals surface area contributed by atoms with Gasteiger partial charge in [0.25, 0.3) is 0 Å². The molecule has 3 aromatic rings. The number of aliphatic hydroxyl groups is 19. The summed E-state index contributed by atoms with van der Waals surface area (Å²) in [5.41, 5.74) is 23.4. The van der Waals surface area contributed by atoms with Crippen molar-refractivity contribution >= 4 is 118 Å². The minimum Gasteiger partial charge on any atom is -0.508 e. The quantitative estimate of drug-likeness (QED) is 0.0163. The molecule has 0 spiro atoms. The summed E-state index contributed by atoms with van der Waals surface area (Å²) in [7, 11) is 0. The number of aliphatic imine (C=N–C) groups is 14. The molecule has 0 aliphatic heterocycles. The van der Waals surface area contributed by atoms with Gasteiger partial charge >= 0.3 is 0 Å². The Balaban J connectivity index is 2.34. The van der Waals surface area contributed by atoms with Gasteiger partial charge in [-0.05, 0) is 137 Å². The number of nitrogens with one attached hydrogen (secondary N) is 10. The zero-order valence-corrected chi connectivity index (χ0v) is 76.7. The Morgan fingerprint density at radius 1 is 0.366 bits per heavy atom. The summed E-state index contributed by atoms with van der Waals surface area (Å²) in [5.74, 6) is -18.8. The van der Waals surface area contributed by atoms with Gasteiger partial charge in [0.05, 0.1) is 31.5 Å². The number of aromatic nitrogens is 2. The molecule has 16 unspecified atom stereocenters. The van der Waals surface area contributed by atoms with Crippen LogP contribution in [0.5, 0.6) is 11.5 Å². The van der Waals surface area contributed by atoms with Gasteiger partial charge in [-0.2, -0.15) is 0 Å². The first-order chi connectivity index (χ1) is 62.9. The van der Waals surface area contributed by atoms with Crippen LogP contribution in [0.4, 0.5) is 0 Å². The smallest absolute Gasteiger partial charge is 0.209 e. The molecule has 1 heterocycles. The number of H-pyrrole nitrogens is 1. The molecular formula is C84H137N29O21. The molecule has 50 nitrogen and oxygen atoms in total. The van der Waals surface area contributed by atoms with Crippen LogP contribution in [0, 0.1) is 56.1 Å². The Bertz CT molecular complexity index is 4700. The standard InChI is InChI=1S/C84H137N29O21/c1-40(2)30-56(107-79(132)62(38-114)111-68(121)44(9)85)73(126)101-52(15-12-28-97-83(91)92)71(124)109-60(35-48-37-95-39-99-48)76(129)108-59(34-47-19-23-50(117)24-20-47)75(128)105-57(31-41(3)4)74(127)110-61(36-64(87)119)77(130)106-58(32-42(5)6)78(131)112-65(43(7)8)80(133)113-66(45(10)115)81(134)103-53(16-13-29-98-84(93)94)69(122)102-54(25-26-63(86)118)72(125)100-51(14-11-27-96-82(89)90)70(123)104-55(67(88)120)33-46-17-21-49(116)22-18-46/h17-24,37,39-45,51-62,65-66,114-117H,11-16,25-36,38,85H2,1-10H3,(H2,86,118)(H2,87,119)(H2,88,120)(H,95,99)(H,100,125)(H,101,126)(H,102,122)(H,103,134)(H,104,123)(H,105,128)(H,106,130)(H,107,132)(H,108,129)(H,109,124)(H,110,127)(H,111,121)(H,112,131)(H,113,133)(H4,89,90,96)(H4,91,92,97)(H4,93,94,98). The van der Waals surface area contributed by atoms with Crippen molar-refractivity contribution in [2.24, 2.45) is 116 Å². The molecule has 134 heavy (non-hydrogen) atoms. The second kappa shape index (κ2) is 58.0. The number of aliphatic hydroxyl groups excluding tert-OH is 19. The number of benzene rings is 2. The number of hydrogen-bond acceptors (Lipinski definition) is 26. The van der Waals surface area contributed by atoms with Gasteiger partial charge in [0.2, 0.25) is 82.6 Å². The fraction of sp³-hybridized carbons (Fsp3) is 0.583. The monoisotopic (exact) mass is 1890 g/mol. The van der Waals surface area contributed by atoms with Crippen LogP contribution in [0.2, 0.25) is 0 Å². The molecule has 39 N–H and O–H groups in total.